The molecule has 1 aromatic heterocycles. The summed E-state index contributed by atoms with van der Waals surface area (Å²) in [6.45, 7) is 12.3. The number of halogens is 1. The van der Waals surface area contributed by atoms with Gasteiger partial charge < -0.3 is 9.74 Å². The Morgan fingerprint density at radius 2 is 1.93 bits per heavy atom. The Kier molecular flexibility index (Phi) is 7.24. The number of benzene rings is 1. The second kappa shape index (κ2) is 9.28. The van der Waals surface area contributed by atoms with E-state index in [1.165, 1.54) is 30.7 Å². The molecule has 1 atom stereocenters. The molecule has 1 heterocycles. The SMILES string of the molecule is C[C@H](C#CC(=O)c1ccc(NC(=O)c2cnccn2)cc1F)O[Si](C)(C)C(C)(C)C. The number of hydrogen-bond acceptors (Lipinski definition) is 5. The van der Waals surface area contributed by atoms with E-state index in [1.54, 1.807) is 6.92 Å². The predicted octanol–water partition coefficient (Wildman–Crippen LogP) is 4.46. The Hall–Kier alpha value is -2.89. The Morgan fingerprint density at radius 1 is 1.23 bits per heavy atom. The van der Waals surface area contributed by atoms with Crippen LogP contribution in [0.1, 0.15) is 48.5 Å². The number of anilines is 1. The Bertz CT molecular complexity index is 992. The molecule has 1 amide bonds. The lowest BCUT2D eigenvalue weighted by Crippen LogP contribution is -2.43. The van der Waals surface area contributed by atoms with Crippen LogP contribution in [0, 0.1) is 17.7 Å². The summed E-state index contributed by atoms with van der Waals surface area (Å²) < 4.78 is 20.5. The quantitative estimate of drug-likeness (QED) is 0.330. The minimum absolute atomic E-state index is 0.0185. The average Bonchev–Trinajstić information content (AvgIpc) is 2.65. The fourth-order valence-electron chi connectivity index (χ4n) is 2.27. The lowest BCUT2D eigenvalue weighted by atomic mass is 10.1. The summed E-state index contributed by atoms with van der Waals surface area (Å²) in [5.74, 6) is 3.28. The van der Waals surface area contributed by atoms with Crippen LogP contribution >= 0.6 is 0 Å². The molecule has 1 N–H and O–H groups in total. The van der Waals surface area contributed by atoms with Crippen LogP contribution in [0.2, 0.25) is 18.1 Å². The molecule has 0 fully saturated rings. The smallest absolute Gasteiger partial charge is 0.275 e. The van der Waals surface area contributed by atoms with Gasteiger partial charge in [-0.1, -0.05) is 26.7 Å². The molecule has 8 heteroatoms. The van der Waals surface area contributed by atoms with E-state index in [0.717, 1.165) is 6.07 Å². The van der Waals surface area contributed by atoms with Crippen molar-refractivity contribution in [2.75, 3.05) is 5.32 Å². The van der Waals surface area contributed by atoms with Crippen molar-refractivity contribution in [3.63, 3.8) is 0 Å². The summed E-state index contributed by atoms with van der Waals surface area (Å²) in [5.41, 5.74) is 0.126. The molecule has 2 rings (SSSR count). The molecule has 0 radical (unpaired) electrons. The van der Waals surface area contributed by atoms with Gasteiger partial charge in [-0.05, 0) is 49.2 Å². The van der Waals surface area contributed by atoms with Crippen molar-refractivity contribution in [2.24, 2.45) is 0 Å². The summed E-state index contributed by atoms with van der Waals surface area (Å²) in [7, 11) is -2.02. The maximum absolute atomic E-state index is 14.4. The topological polar surface area (TPSA) is 81.2 Å². The van der Waals surface area contributed by atoms with Crippen molar-refractivity contribution in [1.82, 2.24) is 9.97 Å². The maximum atomic E-state index is 14.4. The van der Waals surface area contributed by atoms with Crippen LogP contribution in [0.25, 0.3) is 0 Å². The molecule has 0 aliphatic rings. The average molecular weight is 428 g/mol. The predicted molar refractivity (Wildman–Crippen MR) is 116 cm³/mol. The van der Waals surface area contributed by atoms with Gasteiger partial charge in [0.25, 0.3) is 5.91 Å². The van der Waals surface area contributed by atoms with Crippen LogP contribution in [0.4, 0.5) is 10.1 Å². The molecule has 0 aliphatic carbocycles. The van der Waals surface area contributed by atoms with Gasteiger partial charge in [0, 0.05) is 18.1 Å². The Labute approximate surface area is 177 Å². The minimum atomic E-state index is -2.02. The summed E-state index contributed by atoms with van der Waals surface area (Å²) in [4.78, 5) is 32.1. The van der Waals surface area contributed by atoms with Crippen LogP contribution in [0.5, 0.6) is 0 Å². The summed E-state index contributed by atoms with van der Waals surface area (Å²) in [6.07, 6.45) is 3.68. The third kappa shape index (κ3) is 6.05. The number of ketones is 1. The molecular formula is C22H26FN3O3Si. The second-order valence-corrected chi connectivity index (χ2v) is 13.1. The van der Waals surface area contributed by atoms with Crippen LogP contribution < -0.4 is 5.32 Å². The number of carbonyl (C=O) groups is 2. The number of nitrogens with one attached hydrogen (secondary N) is 1. The minimum Gasteiger partial charge on any atom is -0.404 e. The van der Waals surface area contributed by atoms with Crippen LogP contribution in [-0.2, 0) is 4.43 Å². The highest BCUT2D eigenvalue weighted by atomic mass is 28.4. The third-order valence-corrected chi connectivity index (χ3v) is 9.49. The number of carbonyl (C=O) groups excluding carboxylic acids is 2. The van der Waals surface area contributed by atoms with Crippen molar-refractivity contribution < 1.29 is 18.4 Å². The molecule has 0 aliphatic heterocycles. The van der Waals surface area contributed by atoms with E-state index >= 15 is 0 Å². The lowest BCUT2D eigenvalue weighted by Gasteiger charge is -2.37. The first-order valence-corrected chi connectivity index (χ1v) is 12.4. The first-order chi connectivity index (χ1) is 13.9. The first kappa shape index (κ1) is 23.4. The summed E-state index contributed by atoms with van der Waals surface area (Å²) in [5, 5.41) is 2.53. The van der Waals surface area contributed by atoms with Crippen molar-refractivity contribution in [2.45, 2.75) is 51.9 Å². The fraction of sp³-hybridized carbons (Fsp3) is 0.364. The van der Waals surface area contributed by atoms with E-state index in [4.69, 9.17) is 4.43 Å². The number of rotatable bonds is 5. The highest BCUT2D eigenvalue weighted by Crippen LogP contribution is 2.37. The fourth-order valence-corrected chi connectivity index (χ4v) is 3.57. The Morgan fingerprint density at radius 3 is 2.50 bits per heavy atom. The van der Waals surface area contributed by atoms with Gasteiger partial charge in [0.2, 0.25) is 5.78 Å². The zero-order valence-corrected chi connectivity index (χ0v) is 19.0. The van der Waals surface area contributed by atoms with Gasteiger partial charge >= 0.3 is 0 Å². The van der Waals surface area contributed by atoms with E-state index in [0.29, 0.717) is 0 Å². The summed E-state index contributed by atoms with van der Waals surface area (Å²) >= 11 is 0. The maximum Gasteiger partial charge on any atom is 0.275 e. The number of Topliss-reactive ketones (excluding diaryl/α,β-unsaturated/α-hetero) is 1. The molecule has 1 aromatic carbocycles. The van der Waals surface area contributed by atoms with Gasteiger partial charge in [0.15, 0.2) is 8.32 Å². The third-order valence-electron chi connectivity index (χ3n) is 4.93. The molecule has 158 valence electrons. The van der Waals surface area contributed by atoms with Gasteiger partial charge in [0.05, 0.1) is 11.8 Å². The molecule has 30 heavy (non-hydrogen) atoms. The van der Waals surface area contributed by atoms with E-state index in [9.17, 15) is 14.0 Å². The van der Waals surface area contributed by atoms with Crippen molar-refractivity contribution in [1.29, 1.82) is 0 Å². The van der Waals surface area contributed by atoms with E-state index in [1.807, 2.05) is 0 Å². The van der Waals surface area contributed by atoms with Crippen LogP contribution in [0.3, 0.4) is 0 Å². The Balaban J connectivity index is 2.08. The van der Waals surface area contributed by atoms with E-state index in [2.05, 4.69) is 61.0 Å². The van der Waals surface area contributed by atoms with Crippen molar-refractivity contribution in [3.8, 4) is 11.8 Å². The summed E-state index contributed by atoms with van der Waals surface area (Å²) in [6, 6.07) is 3.79. The standard InChI is InChI=1S/C22H26FN3O3Si/c1-15(29-30(5,6)22(2,3)4)7-10-20(27)17-9-8-16(13-18(17)23)26-21(28)19-14-24-11-12-25-19/h8-9,11-15H,1-6H3,(H,26,28)/t15-/m1/s1. The van der Waals surface area contributed by atoms with Crippen LogP contribution in [-0.4, -0.2) is 36.1 Å². The number of nitrogens with zero attached hydrogens (tertiary/aromatic N) is 2. The van der Waals surface area contributed by atoms with Crippen LogP contribution in [0.15, 0.2) is 36.8 Å². The number of amides is 1. The van der Waals surface area contributed by atoms with Gasteiger partial charge in [-0.2, -0.15) is 0 Å². The normalized spacial score (nSPS) is 12.5. The highest BCUT2D eigenvalue weighted by Gasteiger charge is 2.38. The zero-order chi connectivity index (χ0) is 22.5. The first-order valence-electron chi connectivity index (χ1n) is 9.51. The lowest BCUT2D eigenvalue weighted by molar-refractivity contribution is 0.102. The van der Waals surface area contributed by atoms with Gasteiger partial charge in [-0.15, -0.1) is 0 Å². The zero-order valence-electron chi connectivity index (χ0n) is 18.0. The molecule has 0 spiro atoms. The molecule has 0 saturated heterocycles. The van der Waals surface area contributed by atoms with Gasteiger partial charge in [-0.3, -0.25) is 14.6 Å². The molecular weight excluding hydrogens is 401 g/mol. The van der Waals surface area contributed by atoms with Gasteiger partial charge in [-0.25, -0.2) is 9.37 Å². The second-order valence-electron chi connectivity index (χ2n) is 8.36. The molecule has 0 saturated carbocycles. The number of hydrogen-bond donors (Lipinski definition) is 1. The molecule has 6 nitrogen and oxygen atoms in total. The highest BCUT2D eigenvalue weighted by molar-refractivity contribution is 6.74. The van der Waals surface area contributed by atoms with Crippen molar-refractivity contribution >= 4 is 25.7 Å². The monoisotopic (exact) mass is 427 g/mol. The van der Waals surface area contributed by atoms with E-state index in [-0.39, 0.29) is 22.0 Å². The number of aromatic nitrogens is 2. The largest absolute Gasteiger partial charge is 0.404 e. The molecule has 2 aromatic rings. The molecule has 0 unspecified atom stereocenters. The molecule has 0 bridgehead atoms. The van der Waals surface area contributed by atoms with E-state index < -0.39 is 31.9 Å². The van der Waals surface area contributed by atoms with Gasteiger partial charge in [0.1, 0.15) is 17.6 Å². The van der Waals surface area contributed by atoms with Crippen molar-refractivity contribution in [3.05, 3.63) is 53.9 Å².